The lowest BCUT2D eigenvalue weighted by molar-refractivity contribution is -0.119. The maximum Gasteiger partial charge on any atom is 0.201 e. The molecule has 21 heavy (non-hydrogen) atoms. The molecule has 0 bridgehead atoms. The number of piperidine rings is 1. The van der Waals surface area contributed by atoms with Crippen LogP contribution < -0.4 is 0 Å². The third-order valence-electron chi connectivity index (χ3n) is 4.83. The van der Waals surface area contributed by atoms with Gasteiger partial charge in [0.15, 0.2) is 5.76 Å². The summed E-state index contributed by atoms with van der Waals surface area (Å²) in [6.07, 6.45) is 5.81. The lowest BCUT2D eigenvalue weighted by atomic mass is 9.92. The van der Waals surface area contributed by atoms with Crippen LogP contribution in [0.3, 0.4) is 0 Å². The van der Waals surface area contributed by atoms with Crippen molar-refractivity contribution in [1.82, 2.24) is 9.80 Å². The highest BCUT2D eigenvalue weighted by Crippen LogP contribution is 2.42. The Hall–Kier alpha value is -1.29. The fourth-order valence-electron chi connectivity index (χ4n) is 3.66. The highest BCUT2D eigenvalue weighted by Gasteiger charge is 2.40. The van der Waals surface area contributed by atoms with Crippen LogP contribution in [0.15, 0.2) is 23.1 Å². The second-order valence-electron chi connectivity index (χ2n) is 7.24. The molecule has 0 unspecified atom stereocenters. The molecule has 0 aromatic heterocycles. The van der Waals surface area contributed by atoms with Crippen LogP contribution in [-0.2, 0) is 9.53 Å². The Morgan fingerprint density at radius 3 is 2.57 bits per heavy atom. The van der Waals surface area contributed by atoms with E-state index in [0.717, 1.165) is 25.1 Å². The quantitative estimate of drug-likeness (QED) is 0.781. The first-order valence-corrected chi connectivity index (χ1v) is 7.95. The van der Waals surface area contributed by atoms with E-state index in [1.165, 1.54) is 18.5 Å². The summed E-state index contributed by atoms with van der Waals surface area (Å²) in [5.41, 5.74) is 2.15. The minimum atomic E-state index is -0.244. The van der Waals surface area contributed by atoms with E-state index in [4.69, 9.17) is 4.74 Å². The summed E-state index contributed by atoms with van der Waals surface area (Å²) in [5.74, 6) is 0.773. The molecule has 2 aliphatic heterocycles. The van der Waals surface area contributed by atoms with Crippen molar-refractivity contribution in [3.8, 4) is 0 Å². The van der Waals surface area contributed by atoms with E-state index in [1.807, 2.05) is 0 Å². The molecule has 2 heterocycles. The van der Waals surface area contributed by atoms with Crippen LogP contribution in [0.2, 0.25) is 0 Å². The minimum absolute atomic E-state index is 0.141. The van der Waals surface area contributed by atoms with Crippen molar-refractivity contribution in [2.24, 2.45) is 0 Å². The Morgan fingerprint density at radius 2 is 1.95 bits per heavy atom. The molecule has 1 fully saturated rings. The van der Waals surface area contributed by atoms with Crippen LogP contribution in [0.25, 0.3) is 0 Å². The predicted molar refractivity (Wildman–Crippen MR) is 82.8 cm³/mol. The highest BCUT2D eigenvalue weighted by molar-refractivity contribution is 5.98. The van der Waals surface area contributed by atoms with E-state index in [9.17, 15) is 4.79 Å². The molecule has 3 aliphatic rings. The Labute approximate surface area is 127 Å². The number of nitrogens with zero attached hydrogens (tertiary/aromatic N) is 2. The SMILES string of the molecule is CN(C)C1CCN(C2=CCC(=O)C3=C2CC(C)(C)O3)CC1. The molecule has 3 rings (SSSR count). The number of hydrogen-bond donors (Lipinski definition) is 0. The molecule has 0 radical (unpaired) electrons. The molecule has 0 aromatic carbocycles. The van der Waals surface area contributed by atoms with E-state index in [-0.39, 0.29) is 11.4 Å². The number of rotatable bonds is 2. The van der Waals surface area contributed by atoms with Gasteiger partial charge in [-0.15, -0.1) is 0 Å². The zero-order chi connectivity index (χ0) is 15.2. The van der Waals surface area contributed by atoms with Gasteiger partial charge in [-0.05, 0) is 40.8 Å². The van der Waals surface area contributed by atoms with Crippen LogP contribution in [0.5, 0.6) is 0 Å². The van der Waals surface area contributed by atoms with Gasteiger partial charge in [-0.2, -0.15) is 0 Å². The number of allylic oxidation sites excluding steroid dienone is 3. The highest BCUT2D eigenvalue weighted by atomic mass is 16.5. The van der Waals surface area contributed by atoms with Gasteiger partial charge in [0.2, 0.25) is 5.78 Å². The lowest BCUT2D eigenvalue weighted by Crippen LogP contribution is -2.42. The van der Waals surface area contributed by atoms with Gasteiger partial charge in [-0.1, -0.05) is 6.08 Å². The molecule has 0 amide bonds. The predicted octanol–water partition coefficient (Wildman–Crippen LogP) is 2.32. The first-order chi connectivity index (χ1) is 9.87. The van der Waals surface area contributed by atoms with Crippen molar-refractivity contribution in [2.45, 2.75) is 51.2 Å². The van der Waals surface area contributed by atoms with Gasteiger partial charge in [0.1, 0.15) is 5.60 Å². The van der Waals surface area contributed by atoms with Crippen molar-refractivity contribution >= 4 is 5.78 Å². The average Bonchev–Trinajstić information content (AvgIpc) is 2.76. The Kier molecular flexibility index (Phi) is 3.60. The summed E-state index contributed by atoms with van der Waals surface area (Å²) < 4.78 is 5.90. The average molecular weight is 290 g/mol. The zero-order valence-electron chi connectivity index (χ0n) is 13.6. The van der Waals surface area contributed by atoms with Gasteiger partial charge in [0.25, 0.3) is 0 Å². The monoisotopic (exact) mass is 290 g/mol. The van der Waals surface area contributed by atoms with E-state index in [0.29, 0.717) is 18.2 Å². The van der Waals surface area contributed by atoms with Gasteiger partial charge in [0, 0.05) is 43.2 Å². The van der Waals surface area contributed by atoms with Gasteiger partial charge >= 0.3 is 0 Å². The molecular formula is C17H26N2O2. The molecule has 0 spiro atoms. The molecule has 116 valence electrons. The molecule has 0 atom stereocenters. The molecule has 4 nitrogen and oxygen atoms in total. The largest absolute Gasteiger partial charge is 0.483 e. The summed E-state index contributed by atoms with van der Waals surface area (Å²) in [5, 5.41) is 0. The third kappa shape index (κ3) is 2.73. The van der Waals surface area contributed by atoms with Gasteiger partial charge in [-0.25, -0.2) is 0 Å². The summed E-state index contributed by atoms with van der Waals surface area (Å²) in [4.78, 5) is 16.9. The smallest absolute Gasteiger partial charge is 0.201 e. The topological polar surface area (TPSA) is 32.8 Å². The molecule has 0 saturated carbocycles. The molecule has 4 heteroatoms. The Morgan fingerprint density at radius 1 is 1.29 bits per heavy atom. The van der Waals surface area contributed by atoms with Gasteiger partial charge in [-0.3, -0.25) is 4.79 Å². The maximum absolute atomic E-state index is 12.1. The normalized spacial score (nSPS) is 26.0. The second kappa shape index (κ2) is 5.16. The fourth-order valence-corrected chi connectivity index (χ4v) is 3.66. The zero-order valence-corrected chi connectivity index (χ0v) is 13.6. The van der Waals surface area contributed by atoms with E-state index in [2.05, 4.69) is 43.8 Å². The molecule has 1 aliphatic carbocycles. The molecule has 0 N–H and O–H groups in total. The van der Waals surface area contributed by atoms with E-state index < -0.39 is 0 Å². The van der Waals surface area contributed by atoms with Gasteiger partial charge in [0.05, 0.1) is 0 Å². The first-order valence-electron chi connectivity index (χ1n) is 7.95. The number of ether oxygens (including phenoxy) is 1. The van der Waals surface area contributed by atoms with Crippen molar-refractivity contribution in [3.05, 3.63) is 23.1 Å². The van der Waals surface area contributed by atoms with Crippen molar-refractivity contribution < 1.29 is 9.53 Å². The van der Waals surface area contributed by atoms with Crippen LogP contribution in [0.4, 0.5) is 0 Å². The number of likely N-dealkylation sites (tertiary alicyclic amines) is 1. The van der Waals surface area contributed by atoms with Crippen molar-refractivity contribution in [3.63, 3.8) is 0 Å². The second-order valence-corrected chi connectivity index (χ2v) is 7.24. The van der Waals surface area contributed by atoms with E-state index >= 15 is 0 Å². The van der Waals surface area contributed by atoms with Crippen molar-refractivity contribution in [1.29, 1.82) is 0 Å². The van der Waals surface area contributed by atoms with E-state index in [1.54, 1.807) is 0 Å². The number of Topliss-reactive ketones (excluding diaryl/α,β-unsaturated/α-hetero) is 1. The summed E-state index contributed by atoms with van der Waals surface area (Å²) in [6.45, 7) is 6.27. The van der Waals surface area contributed by atoms with Crippen LogP contribution in [-0.4, -0.2) is 54.4 Å². The van der Waals surface area contributed by atoms with Crippen molar-refractivity contribution in [2.75, 3.05) is 27.2 Å². The molecular weight excluding hydrogens is 264 g/mol. The fraction of sp³-hybridized carbons (Fsp3) is 0.706. The number of hydrogen-bond acceptors (Lipinski definition) is 4. The number of ketones is 1. The first kappa shape index (κ1) is 14.6. The molecule has 1 saturated heterocycles. The third-order valence-corrected chi connectivity index (χ3v) is 4.83. The summed E-state index contributed by atoms with van der Waals surface area (Å²) in [6, 6.07) is 0.678. The minimum Gasteiger partial charge on any atom is -0.483 e. The summed E-state index contributed by atoms with van der Waals surface area (Å²) in [7, 11) is 4.32. The standard InChI is InChI=1S/C17H26N2O2/c1-17(2)11-13-14(5-6-15(20)16(13)21-17)19-9-7-12(8-10-19)18(3)4/h5,12H,6-11H2,1-4H3. The summed E-state index contributed by atoms with van der Waals surface area (Å²) >= 11 is 0. The molecule has 0 aromatic rings. The van der Waals surface area contributed by atoms with Crippen LogP contribution in [0, 0.1) is 0 Å². The maximum atomic E-state index is 12.1. The number of carbonyl (C=O) groups is 1. The lowest BCUT2D eigenvalue weighted by Gasteiger charge is -2.38. The van der Waals surface area contributed by atoms with Crippen LogP contribution >= 0.6 is 0 Å². The van der Waals surface area contributed by atoms with Gasteiger partial charge < -0.3 is 14.5 Å². The number of carbonyl (C=O) groups excluding carboxylic acids is 1. The Bertz CT molecular complexity index is 509. The Balaban J connectivity index is 1.76. The van der Waals surface area contributed by atoms with Crippen LogP contribution in [0.1, 0.15) is 39.5 Å².